The van der Waals surface area contributed by atoms with Crippen LogP contribution in [-0.4, -0.2) is 42.5 Å². The second kappa shape index (κ2) is 7.46. The summed E-state index contributed by atoms with van der Waals surface area (Å²) in [6, 6.07) is 0.342. The van der Waals surface area contributed by atoms with Crippen LogP contribution in [0.4, 0.5) is 0 Å². The van der Waals surface area contributed by atoms with E-state index in [1.165, 1.54) is 12.8 Å². The van der Waals surface area contributed by atoms with Crippen LogP contribution in [0.25, 0.3) is 0 Å². The van der Waals surface area contributed by atoms with E-state index in [1.807, 2.05) is 6.92 Å². The summed E-state index contributed by atoms with van der Waals surface area (Å²) in [7, 11) is 0. The van der Waals surface area contributed by atoms with Crippen LogP contribution in [0.1, 0.15) is 39.5 Å². The Morgan fingerprint density at radius 3 is 2.79 bits per heavy atom. The van der Waals surface area contributed by atoms with Gasteiger partial charge in [-0.2, -0.15) is 0 Å². The third kappa shape index (κ3) is 3.83. The molecule has 5 heteroatoms. The van der Waals surface area contributed by atoms with Gasteiger partial charge in [0.2, 0.25) is 5.91 Å². The third-order valence-electron chi connectivity index (χ3n) is 4.66. The van der Waals surface area contributed by atoms with E-state index >= 15 is 0 Å². The SMILES string of the molecule is CCCNC(=O)C(C)N1CC2CCCC(N)C2C1.Cl. The molecular formula is C14H28ClN3O. The molecule has 0 radical (unpaired) electrons. The van der Waals surface area contributed by atoms with E-state index in [9.17, 15) is 4.79 Å². The molecule has 4 unspecified atom stereocenters. The van der Waals surface area contributed by atoms with E-state index in [-0.39, 0.29) is 24.4 Å². The molecule has 1 aliphatic heterocycles. The van der Waals surface area contributed by atoms with Crippen LogP contribution >= 0.6 is 12.4 Å². The standard InChI is InChI=1S/C14H27N3O.ClH/c1-3-7-16-14(18)10(2)17-8-11-5-4-6-13(15)12(11)9-17;/h10-13H,3-9,15H2,1-2H3,(H,16,18);1H. The van der Waals surface area contributed by atoms with E-state index in [0.717, 1.165) is 38.4 Å². The van der Waals surface area contributed by atoms with Crippen LogP contribution in [0.15, 0.2) is 0 Å². The van der Waals surface area contributed by atoms with Gasteiger partial charge in [0.05, 0.1) is 6.04 Å². The highest BCUT2D eigenvalue weighted by molar-refractivity contribution is 5.85. The van der Waals surface area contributed by atoms with Gasteiger partial charge in [-0.25, -0.2) is 0 Å². The normalized spacial score (nSPS) is 32.3. The molecule has 1 saturated carbocycles. The Morgan fingerprint density at radius 2 is 2.16 bits per heavy atom. The van der Waals surface area contributed by atoms with Crippen molar-refractivity contribution in [2.45, 2.75) is 51.6 Å². The van der Waals surface area contributed by atoms with Crippen LogP contribution in [0.3, 0.4) is 0 Å². The molecule has 1 amide bonds. The van der Waals surface area contributed by atoms with Crippen LogP contribution < -0.4 is 11.1 Å². The van der Waals surface area contributed by atoms with Crippen LogP contribution in [0.2, 0.25) is 0 Å². The molecule has 1 heterocycles. The lowest BCUT2D eigenvalue weighted by molar-refractivity contribution is -0.125. The van der Waals surface area contributed by atoms with Gasteiger partial charge in [0, 0.05) is 25.7 Å². The van der Waals surface area contributed by atoms with E-state index in [1.54, 1.807) is 0 Å². The lowest BCUT2D eigenvalue weighted by Gasteiger charge is -2.30. The number of carbonyl (C=O) groups excluding carboxylic acids is 1. The molecule has 0 aromatic rings. The molecule has 4 nitrogen and oxygen atoms in total. The fraction of sp³-hybridized carbons (Fsp3) is 0.929. The van der Waals surface area contributed by atoms with Gasteiger partial charge in [-0.05, 0) is 38.0 Å². The maximum Gasteiger partial charge on any atom is 0.237 e. The predicted molar refractivity (Wildman–Crippen MR) is 80.4 cm³/mol. The fourth-order valence-corrected chi connectivity index (χ4v) is 3.43. The monoisotopic (exact) mass is 289 g/mol. The topological polar surface area (TPSA) is 58.4 Å². The highest BCUT2D eigenvalue weighted by Crippen LogP contribution is 2.36. The van der Waals surface area contributed by atoms with Crippen molar-refractivity contribution in [3.63, 3.8) is 0 Å². The summed E-state index contributed by atoms with van der Waals surface area (Å²) >= 11 is 0. The number of nitrogens with two attached hydrogens (primary N) is 1. The lowest BCUT2D eigenvalue weighted by atomic mass is 9.78. The molecule has 2 fully saturated rings. The Bertz CT molecular complexity index is 300. The number of nitrogens with one attached hydrogen (secondary N) is 1. The molecule has 0 spiro atoms. The molecule has 2 aliphatic rings. The number of carbonyl (C=O) groups is 1. The largest absolute Gasteiger partial charge is 0.355 e. The first-order chi connectivity index (χ1) is 8.63. The molecule has 0 aromatic heterocycles. The fourth-order valence-electron chi connectivity index (χ4n) is 3.43. The van der Waals surface area contributed by atoms with E-state index in [4.69, 9.17) is 5.73 Å². The van der Waals surface area contributed by atoms with Crippen molar-refractivity contribution in [3.8, 4) is 0 Å². The molecule has 112 valence electrons. The van der Waals surface area contributed by atoms with Gasteiger partial charge in [0.1, 0.15) is 0 Å². The van der Waals surface area contributed by atoms with Crippen molar-refractivity contribution >= 4 is 18.3 Å². The molecule has 1 saturated heterocycles. The predicted octanol–water partition coefficient (Wildman–Crippen LogP) is 1.38. The first kappa shape index (κ1) is 16.7. The quantitative estimate of drug-likeness (QED) is 0.822. The van der Waals surface area contributed by atoms with Crippen molar-refractivity contribution < 1.29 is 4.79 Å². The minimum atomic E-state index is -0.00523. The molecule has 3 N–H and O–H groups in total. The van der Waals surface area contributed by atoms with Gasteiger partial charge in [-0.3, -0.25) is 9.69 Å². The maximum atomic E-state index is 12.0. The Hall–Kier alpha value is -0.320. The smallest absolute Gasteiger partial charge is 0.237 e. The molecule has 1 aliphatic carbocycles. The minimum absolute atomic E-state index is 0. The molecule has 0 bridgehead atoms. The number of hydrogen-bond acceptors (Lipinski definition) is 3. The average molecular weight is 290 g/mol. The highest BCUT2D eigenvalue weighted by atomic mass is 35.5. The van der Waals surface area contributed by atoms with Crippen molar-refractivity contribution in [1.82, 2.24) is 10.2 Å². The average Bonchev–Trinajstić information content (AvgIpc) is 2.80. The van der Waals surface area contributed by atoms with Gasteiger partial charge >= 0.3 is 0 Å². The zero-order chi connectivity index (χ0) is 13.1. The summed E-state index contributed by atoms with van der Waals surface area (Å²) in [4.78, 5) is 14.3. The van der Waals surface area contributed by atoms with Crippen molar-refractivity contribution in [2.75, 3.05) is 19.6 Å². The number of nitrogens with zero attached hydrogens (tertiary/aromatic N) is 1. The van der Waals surface area contributed by atoms with E-state index in [0.29, 0.717) is 12.0 Å². The van der Waals surface area contributed by atoms with Crippen molar-refractivity contribution in [3.05, 3.63) is 0 Å². The van der Waals surface area contributed by atoms with Gasteiger partial charge in [-0.15, -0.1) is 12.4 Å². The molecular weight excluding hydrogens is 262 g/mol. The number of hydrogen-bond donors (Lipinski definition) is 2. The second-order valence-corrected chi connectivity index (χ2v) is 5.94. The minimum Gasteiger partial charge on any atom is -0.355 e. The van der Waals surface area contributed by atoms with Crippen molar-refractivity contribution in [2.24, 2.45) is 17.6 Å². The molecule has 2 rings (SSSR count). The first-order valence-electron chi connectivity index (χ1n) is 7.40. The maximum absolute atomic E-state index is 12.0. The van der Waals surface area contributed by atoms with Gasteiger partial charge in [-0.1, -0.05) is 13.3 Å². The van der Waals surface area contributed by atoms with Crippen LogP contribution in [0, 0.1) is 11.8 Å². The Labute approximate surface area is 122 Å². The van der Waals surface area contributed by atoms with Gasteiger partial charge in [0.25, 0.3) is 0 Å². The second-order valence-electron chi connectivity index (χ2n) is 5.94. The summed E-state index contributed by atoms with van der Waals surface area (Å²) < 4.78 is 0. The van der Waals surface area contributed by atoms with Gasteiger partial charge < -0.3 is 11.1 Å². The number of fused-ring (bicyclic) bond motifs is 1. The molecule has 4 atom stereocenters. The summed E-state index contributed by atoms with van der Waals surface area (Å²) in [6.45, 7) is 6.94. The summed E-state index contributed by atoms with van der Waals surface area (Å²) in [5.41, 5.74) is 6.21. The Balaban J connectivity index is 0.00000180. The highest BCUT2D eigenvalue weighted by Gasteiger charge is 2.41. The summed E-state index contributed by atoms with van der Waals surface area (Å²) in [6.07, 6.45) is 4.70. The number of rotatable bonds is 4. The van der Waals surface area contributed by atoms with E-state index < -0.39 is 0 Å². The number of halogens is 1. The lowest BCUT2D eigenvalue weighted by Crippen LogP contribution is -2.45. The van der Waals surface area contributed by atoms with Crippen LogP contribution in [-0.2, 0) is 4.79 Å². The zero-order valence-electron chi connectivity index (χ0n) is 12.1. The third-order valence-corrected chi connectivity index (χ3v) is 4.66. The molecule has 0 aromatic carbocycles. The molecule has 19 heavy (non-hydrogen) atoms. The Kier molecular flexibility index (Phi) is 6.57. The summed E-state index contributed by atoms with van der Waals surface area (Å²) in [5.74, 6) is 1.50. The van der Waals surface area contributed by atoms with Crippen molar-refractivity contribution in [1.29, 1.82) is 0 Å². The number of amides is 1. The van der Waals surface area contributed by atoms with Crippen LogP contribution in [0.5, 0.6) is 0 Å². The summed E-state index contributed by atoms with van der Waals surface area (Å²) in [5, 5.41) is 2.99. The van der Waals surface area contributed by atoms with Gasteiger partial charge in [0.15, 0.2) is 0 Å². The van der Waals surface area contributed by atoms with E-state index in [2.05, 4.69) is 17.1 Å². The Morgan fingerprint density at radius 1 is 1.42 bits per heavy atom. The first-order valence-corrected chi connectivity index (χ1v) is 7.40. The number of likely N-dealkylation sites (tertiary alicyclic amines) is 1. The zero-order valence-corrected chi connectivity index (χ0v) is 12.9.